The van der Waals surface area contributed by atoms with E-state index >= 15 is 0 Å². The van der Waals surface area contributed by atoms with E-state index in [1.165, 1.54) is 24.8 Å². The van der Waals surface area contributed by atoms with Gasteiger partial charge in [-0.25, -0.2) is 0 Å². The Hall–Kier alpha value is -1.31. The molecule has 2 heteroatoms. The number of hydrogen-bond donors (Lipinski definition) is 0. The lowest BCUT2D eigenvalue weighted by Gasteiger charge is -2.35. The zero-order valence-corrected chi connectivity index (χ0v) is 12.0. The number of carbonyl (C=O) groups is 1. The molecule has 0 amide bonds. The molecule has 1 aliphatic rings. The molecular weight excluding hydrogens is 236 g/mol. The second-order valence-electron chi connectivity index (χ2n) is 5.51. The fraction of sp³-hybridized carbons (Fsp3) is 0.588. The van der Waals surface area contributed by atoms with Gasteiger partial charge in [-0.3, -0.25) is 4.79 Å². The Balaban J connectivity index is 2.14. The molecule has 0 saturated heterocycles. The molecule has 3 unspecified atom stereocenters. The van der Waals surface area contributed by atoms with Gasteiger partial charge >= 0.3 is 5.97 Å². The monoisotopic (exact) mass is 260 g/mol. The van der Waals surface area contributed by atoms with E-state index in [0.717, 1.165) is 6.42 Å². The van der Waals surface area contributed by atoms with Crippen LogP contribution in [-0.4, -0.2) is 12.6 Å². The second-order valence-corrected chi connectivity index (χ2v) is 5.51. The SMILES string of the molecule is CCOC(=O)C(C)C1CCCCC1c1ccccc1. The second kappa shape index (κ2) is 6.74. The maximum Gasteiger partial charge on any atom is 0.308 e. The number of benzene rings is 1. The maximum absolute atomic E-state index is 12.0. The maximum atomic E-state index is 12.0. The van der Waals surface area contributed by atoms with E-state index in [9.17, 15) is 4.79 Å². The van der Waals surface area contributed by atoms with Crippen molar-refractivity contribution >= 4 is 5.97 Å². The van der Waals surface area contributed by atoms with Gasteiger partial charge in [-0.2, -0.15) is 0 Å². The molecule has 3 atom stereocenters. The Labute approximate surface area is 116 Å². The topological polar surface area (TPSA) is 26.3 Å². The van der Waals surface area contributed by atoms with Gasteiger partial charge in [-0.1, -0.05) is 50.1 Å². The molecular formula is C17H24O2. The standard InChI is InChI=1S/C17H24O2/c1-3-19-17(18)13(2)15-11-7-8-12-16(15)14-9-5-4-6-10-14/h4-6,9-10,13,15-16H,3,7-8,11-12H2,1-2H3. The molecule has 0 aromatic heterocycles. The highest BCUT2D eigenvalue weighted by Crippen LogP contribution is 2.42. The molecule has 1 fully saturated rings. The van der Waals surface area contributed by atoms with Crippen molar-refractivity contribution in [2.75, 3.05) is 6.61 Å². The van der Waals surface area contributed by atoms with Crippen LogP contribution in [0.1, 0.15) is 51.0 Å². The van der Waals surface area contributed by atoms with Crippen LogP contribution in [0.5, 0.6) is 0 Å². The van der Waals surface area contributed by atoms with Crippen LogP contribution >= 0.6 is 0 Å². The van der Waals surface area contributed by atoms with Crippen molar-refractivity contribution in [3.05, 3.63) is 35.9 Å². The summed E-state index contributed by atoms with van der Waals surface area (Å²) < 4.78 is 5.20. The highest BCUT2D eigenvalue weighted by atomic mass is 16.5. The normalized spacial score (nSPS) is 24.7. The van der Waals surface area contributed by atoms with Crippen LogP contribution in [0.25, 0.3) is 0 Å². The van der Waals surface area contributed by atoms with Gasteiger partial charge in [0.1, 0.15) is 0 Å². The zero-order valence-electron chi connectivity index (χ0n) is 12.0. The van der Waals surface area contributed by atoms with Crippen molar-refractivity contribution in [2.24, 2.45) is 11.8 Å². The van der Waals surface area contributed by atoms with Crippen molar-refractivity contribution in [1.82, 2.24) is 0 Å². The van der Waals surface area contributed by atoms with Crippen LogP contribution < -0.4 is 0 Å². The fourth-order valence-corrected chi connectivity index (χ4v) is 3.32. The van der Waals surface area contributed by atoms with Gasteiger partial charge < -0.3 is 4.74 Å². The average Bonchev–Trinajstić information content (AvgIpc) is 2.47. The van der Waals surface area contributed by atoms with Crippen LogP contribution in [0, 0.1) is 11.8 Å². The first kappa shape index (κ1) is 14.1. The van der Waals surface area contributed by atoms with E-state index < -0.39 is 0 Å². The molecule has 0 bridgehead atoms. The molecule has 0 N–H and O–H groups in total. The predicted molar refractivity (Wildman–Crippen MR) is 76.9 cm³/mol. The summed E-state index contributed by atoms with van der Waals surface area (Å²) in [5.41, 5.74) is 1.38. The van der Waals surface area contributed by atoms with Crippen molar-refractivity contribution < 1.29 is 9.53 Å². The summed E-state index contributed by atoms with van der Waals surface area (Å²) in [5, 5.41) is 0. The van der Waals surface area contributed by atoms with Crippen molar-refractivity contribution in [3.63, 3.8) is 0 Å². The predicted octanol–water partition coefficient (Wildman–Crippen LogP) is 4.16. The Bertz CT molecular complexity index is 399. The van der Waals surface area contributed by atoms with E-state index in [-0.39, 0.29) is 11.9 Å². The first-order valence-corrected chi connectivity index (χ1v) is 7.45. The summed E-state index contributed by atoms with van der Waals surface area (Å²) in [6.07, 6.45) is 4.83. The van der Waals surface area contributed by atoms with Crippen LogP contribution in [0.15, 0.2) is 30.3 Å². The van der Waals surface area contributed by atoms with Gasteiger partial charge in [0.05, 0.1) is 12.5 Å². The minimum absolute atomic E-state index is 0.00505. The number of carbonyl (C=O) groups excluding carboxylic acids is 1. The fourth-order valence-electron chi connectivity index (χ4n) is 3.32. The van der Waals surface area contributed by atoms with E-state index in [0.29, 0.717) is 18.4 Å². The molecule has 1 aromatic rings. The molecule has 1 aliphatic carbocycles. The average molecular weight is 260 g/mol. The zero-order chi connectivity index (χ0) is 13.7. The summed E-state index contributed by atoms with van der Waals surface area (Å²) >= 11 is 0. The molecule has 2 rings (SSSR count). The van der Waals surface area contributed by atoms with Gasteiger partial charge in [0, 0.05) is 0 Å². The summed E-state index contributed by atoms with van der Waals surface area (Å²) in [6, 6.07) is 10.6. The highest BCUT2D eigenvalue weighted by Gasteiger charge is 2.34. The van der Waals surface area contributed by atoms with Crippen LogP contribution in [0.2, 0.25) is 0 Å². The summed E-state index contributed by atoms with van der Waals surface area (Å²) in [5.74, 6) is 0.908. The van der Waals surface area contributed by atoms with Crippen molar-refractivity contribution in [2.45, 2.75) is 45.4 Å². The molecule has 0 spiro atoms. The van der Waals surface area contributed by atoms with E-state index in [1.54, 1.807) is 0 Å². The molecule has 104 valence electrons. The summed E-state index contributed by atoms with van der Waals surface area (Å²) in [6.45, 7) is 4.38. The Morgan fingerprint density at radius 1 is 1.26 bits per heavy atom. The van der Waals surface area contributed by atoms with E-state index in [4.69, 9.17) is 4.74 Å². The number of rotatable bonds is 4. The summed E-state index contributed by atoms with van der Waals surface area (Å²) in [7, 11) is 0. The van der Waals surface area contributed by atoms with Crippen LogP contribution in [0.3, 0.4) is 0 Å². The molecule has 1 aromatic carbocycles. The molecule has 0 radical (unpaired) electrons. The third-order valence-corrected chi connectivity index (χ3v) is 4.35. The Kier molecular flexibility index (Phi) is 5.00. The van der Waals surface area contributed by atoms with Crippen molar-refractivity contribution in [1.29, 1.82) is 0 Å². The minimum Gasteiger partial charge on any atom is -0.466 e. The molecule has 0 heterocycles. The molecule has 1 saturated carbocycles. The largest absolute Gasteiger partial charge is 0.466 e. The quantitative estimate of drug-likeness (QED) is 0.760. The number of hydrogen-bond acceptors (Lipinski definition) is 2. The Morgan fingerprint density at radius 3 is 2.63 bits per heavy atom. The number of ether oxygens (including phenoxy) is 1. The minimum atomic E-state index is -0.0321. The smallest absolute Gasteiger partial charge is 0.308 e. The Morgan fingerprint density at radius 2 is 1.95 bits per heavy atom. The number of esters is 1. The lowest BCUT2D eigenvalue weighted by atomic mass is 9.70. The third kappa shape index (κ3) is 3.37. The lowest BCUT2D eigenvalue weighted by molar-refractivity contribution is -0.150. The van der Waals surface area contributed by atoms with E-state index in [2.05, 4.69) is 30.3 Å². The van der Waals surface area contributed by atoms with Crippen LogP contribution in [0.4, 0.5) is 0 Å². The van der Waals surface area contributed by atoms with Gasteiger partial charge in [-0.05, 0) is 37.2 Å². The molecule has 19 heavy (non-hydrogen) atoms. The molecule has 2 nitrogen and oxygen atoms in total. The first-order valence-electron chi connectivity index (χ1n) is 7.45. The molecule has 0 aliphatic heterocycles. The lowest BCUT2D eigenvalue weighted by Crippen LogP contribution is -2.30. The van der Waals surface area contributed by atoms with Gasteiger partial charge in [0.25, 0.3) is 0 Å². The first-order chi connectivity index (χ1) is 9.24. The van der Waals surface area contributed by atoms with Gasteiger partial charge in [0.15, 0.2) is 0 Å². The highest BCUT2D eigenvalue weighted by molar-refractivity contribution is 5.72. The van der Waals surface area contributed by atoms with Crippen LogP contribution in [-0.2, 0) is 9.53 Å². The van der Waals surface area contributed by atoms with E-state index in [1.807, 2.05) is 13.8 Å². The van der Waals surface area contributed by atoms with Gasteiger partial charge in [0.2, 0.25) is 0 Å². The third-order valence-electron chi connectivity index (χ3n) is 4.35. The van der Waals surface area contributed by atoms with Gasteiger partial charge in [-0.15, -0.1) is 0 Å². The summed E-state index contributed by atoms with van der Waals surface area (Å²) in [4.78, 5) is 12.0. The van der Waals surface area contributed by atoms with Crippen molar-refractivity contribution in [3.8, 4) is 0 Å².